The molecule has 0 aromatic carbocycles. The lowest BCUT2D eigenvalue weighted by Gasteiger charge is -2.20. The second kappa shape index (κ2) is 2.21. The van der Waals surface area contributed by atoms with Crippen molar-refractivity contribution in [2.45, 2.75) is 20.3 Å². The molecule has 0 fully saturated rings. The van der Waals surface area contributed by atoms with Crippen molar-refractivity contribution < 1.29 is 0 Å². The zero-order valence-corrected chi connectivity index (χ0v) is 5.89. The molecular weight excluding hydrogens is 112 g/mol. The average Bonchev–Trinajstić information content (AvgIpc) is 1.90. The van der Waals surface area contributed by atoms with Gasteiger partial charge in [0.1, 0.15) is 0 Å². The topological polar surface area (TPSA) is 24.4 Å². The van der Waals surface area contributed by atoms with E-state index >= 15 is 0 Å². The average molecular weight is 124 g/mol. The van der Waals surface area contributed by atoms with E-state index in [9.17, 15) is 0 Å². The molecule has 9 heavy (non-hydrogen) atoms. The van der Waals surface area contributed by atoms with Crippen molar-refractivity contribution in [2.24, 2.45) is 10.5 Å². The van der Waals surface area contributed by atoms with Crippen LogP contribution in [0, 0.1) is 5.41 Å². The number of allylic oxidation sites excluding steroid dienone is 1. The molecule has 1 aliphatic rings. The van der Waals surface area contributed by atoms with Crippen LogP contribution in [0.4, 0.5) is 0 Å². The van der Waals surface area contributed by atoms with E-state index in [1.54, 1.807) is 0 Å². The van der Waals surface area contributed by atoms with Crippen LogP contribution < -0.4 is 5.43 Å². The van der Waals surface area contributed by atoms with Crippen LogP contribution in [0.25, 0.3) is 0 Å². The number of nitrogens with one attached hydrogen (secondary N) is 1. The predicted molar refractivity (Wildman–Crippen MR) is 39.2 cm³/mol. The van der Waals surface area contributed by atoms with Crippen LogP contribution >= 0.6 is 0 Å². The first kappa shape index (κ1) is 6.33. The number of rotatable bonds is 1. The van der Waals surface area contributed by atoms with Crippen molar-refractivity contribution in [3.05, 3.63) is 12.3 Å². The maximum absolute atomic E-state index is 3.94. The lowest BCUT2D eigenvalue weighted by atomic mass is 9.89. The Bertz CT molecular complexity index is 135. The SMILES string of the molecule is CCC1(C)C=CNN=C1. The summed E-state index contributed by atoms with van der Waals surface area (Å²) in [5, 5.41) is 3.94. The summed E-state index contributed by atoms with van der Waals surface area (Å²) in [7, 11) is 0. The molecule has 50 valence electrons. The van der Waals surface area contributed by atoms with Crippen molar-refractivity contribution in [1.82, 2.24) is 5.43 Å². The third kappa shape index (κ3) is 1.31. The molecule has 0 aromatic rings. The van der Waals surface area contributed by atoms with E-state index in [1.165, 1.54) is 0 Å². The third-order valence-electron chi connectivity index (χ3n) is 1.73. The molecule has 1 N–H and O–H groups in total. The fourth-order valence-corrected chi connectivity index (χ4v) is 0.708. The van der Waals surface area contributed by atoms with Crippen LogP contribution in [0.5, 0.6) is 0 Å². The minimum atomic E-state index is 0.186. The van der Waals surface area contributed by atoms with Crippen LogP contribution in [-0.2, 0) is 0 Å². The predicted octanol–water partition coefficient (Wildman–Crippen LogP) is 1.51. The maximum atomic E-state index is 3.94. The summed E-state index contributed by atoms with van der Waals surface area (Å²) >= 11 is 0. The molecule has 0 saturated carbocycles. The van der Waals surface area contributed by atoms with Gasteiger partial charge in [0.25, 0.3) is 0 Å². The lowest BCUT2D eigenvalue weighted by molar-refractivity contribution is 0.567. The van der Waals surface area contributed by atoms with Gasteiger partial charge < -0.3 is 0 Å². The van der Waals surface area contributed by atoms with E-state index < -0.39 is 0 Å². The highest BCUT2D eigenvalue weighted by molar-refractivity contribution is 5.68. The van der Waals surface area contributed by atoms with Gasteiger partial charge in [-0.2, -0.15) is 5.10 Å². The van der Waals surface area contributed by atoms with Crippen molar-refractivity contribution in [1.29, 1.82) is 0 Å². The summed E-state index contributed by atoms with van der Waals surface area (Å²) in [6, 6.07) is 0. The molecule has 0 spiro atoms. The lowest BCUT2D eigenvalue weighted by Crippen LogP contribution is -2.19. The highest BCUT2D eigenvalue weighted by atomic mass is 15.3. The molecule has 1 atom stereocenters. The minimum Gasteiger partial charge on any atom is -0.286 e. The quantitative estimate of drug-likeness (QED) is 0.563. The van der Waals surface area contributed by atoms with Gasteiger partial charge in [0.2, 0.25) is 0 Å². The van der Waals surface area contributed by atoms with Gasteiger partial charge in [-0.3, -0.25) is 5.43 Å². The van der Waals surface area contributed by atoms with Crippen LogP contribution in [0.3, 0.4) is 0 Å². The van der Waals surface area contributed by atoms with E-state index in [4.69, 9.17) is 0 Å². The van der Waals surface area contributed by atoms with E-state index in [2.05, 4.69) is 30.5 Å². The van der Waals surface area contributed by atoms with Gasteiger partial charge in [-0.25, -0.2) is 0 Å². The highest BCUT2D eigenvalue weighted by Crippen LogP contribution is 2.20. The summed E-state index contributed by atoms with van der Waals surface area (Å²) in [4.78, 5) is 0. The van der Waals surface area contributed by atoms with Crippen LogP contribution in [0.15, 0.2) is 17.4 Å². The molecule has 1 aliphatic heterocycles. The largest absolute Gasteiger partial charge is 0.286 e. The van der Waals surface area contributed by atoms with Crippen molar-refractivity contribution in [2.75, 3.05) is 0 Å². The number of hydrazone groups is 1. The Balaban J connectivity index is 2.67. The molecule has 0 bridgehead atoms. The molecule has 1 heterocycles. The molecule has 2 nitrogen and oxygen atoms in total. The van der Waals surface area contributed by atoms with Gasteiger partial charge in [0.05, 0.1) is 0 Å². The second-order valence-electron chi connectivity index (χ2n) is 2.58. The van der Waals surface area contributed by atoms with Crippen molar-refractivity contribution in [3.63, 3.8) is 0 Å². The standard InChI is InChI=1S/C7H12N2/c1-3-7(2)4-5-8-9-6-7/h4-6,8H,3H2,1-2H3. The zero-order chi connectivity index (χ0) is 6.74. The van der Waals surface area contributed by atoms with Gasteiger partial charge in [-0.15, -0.1) is 0 Å². The fraction of sp³-hybridized carbons (Fsp3) is 0.571. The first-order valence-electron chi connectivity index (χ1n) is 3.24. The normalized spacial score (nSPS) is 32.2. The third-order valence-corrected chi connectivity index (χ3v) is 1.73. The Labute approximate surface area is 55.6 Å². The monoisotopic (exact) mass is 124 g/mol. The molecule has 0 aliphatic carbocycles. The number of hydrogen-bond acceptors (Lipinski definition) is 2. The first-order valence-corrected chi connectivity index (χ1v) is 3.24. The van der Waals surface area contributed by atoms with Gasteiger partial charge in [0, 0.05) is 17.8 Å². The van der Waals surface area contributed by atoms with Crippen molar-refractivity contribution >= 4 is 6.21 Å². The second-order valence-corrected chi connectivity index (χ2v) is 2.58. The van der Waals surface area contributed by atoms with Crippen LogP contribution in [-0.4, -0.2) is 6.21 Å². The number of nitrogens with zero attached hydrogens (tertiary/aromatic N) is 1. The molecule has 2 heteroatoms. The van der Waals surface area contributed by atoms with E-state index in [1.807, 2.05) is 12.4 Å². The highest BCUT2D eigenvalue weighted by Gasteiger charge is 2.16. The molecule has 0 aromatic heterocycles. The Morgan fingerprint density at radius 2 is 2.44 bits per heavy atom. The Morgan fingerprint density at radius 1 is 1.67 bits per heavy atom. The first-order chi connectivity index (χ1) is 4.27. The van der Waals surface area contributed by atoms with Gasteiger partial charge in [-0.1, -0.05) is 19.9 Å². The van der Waals surface area contributed by atoms with Gasteiger partial charge >= 0.3 is 0 Å². The summed E-state index contributed by atoms with van der Waals surface area (Å²) in [6.45, 7) is 4.32. The van der Waals surface area contributed by atoms with Gasteiger partial charge in [0.15, 0.2) is 0 Å². The molecule has 0 amide bonds. The summed E-state index contributed by atoms with van der Waals surface area (Å²) < 4.78 is 0. The van der Waals surface area contributed by atoms with E-state index in [-0.39, 0.29) is 5.41 Å². The Kier molecular flexibility index (Phi) is 1.56. The maximum Gasteiger partial charge on any atom is 0.0344 e. The molecule has 1 unspecified atom stereocenters. The summed E-state index contributed by atoms with van der Waals surface area (Å²) in [6.07, 6.45) is 7.05. The molecule has 0 radical (unpaired) electrons. The smallest absolute Gasteiger partial charge is 0.0344 e. The summed E-state index contributed by atoms with van der Waals surface area (Å²) in [5.74, 6) is 0. The Hall–Kier alpha value is -0.790. The molecule has 0 saturated heterocycles. The number of hydrogen-bond donors (Lipinski definition) is 1. The van der Waals surface area contributed by atoms with Crippen molar-refractivity contribution in [3.8, 4) is 0 Å². The molecule has 1 rings (SSSR count). The fourth-order valence-electron chi connectivity index (χ4n) is 0.708. The van der Waals surface area contributed by atoms with Crippen LogP contribution in [0.1, 0.15) is 20.3 Å². The van der Waals surface area contributed by atoms with Crippen LogP contribution in [0.2, 0.25) is 0 Å². The summed E-state index contributed by atoms with van der Waals surface area (Å²) in [5.41, 5.74) is 2.95. The van der Waals surface area contributed by atoms with E-state index in [0.29, 0.717) is 0 Å². The van der Waals surface area contributed by atoms with E-state index in [0.717, 1.165) is 6.42 Å². The Morgan fingerprint density at radius 3 is 2.78 bits per heavy atom. The minimum absolute atomic E-state index is 0.186. The molecular formula is C7H12N2. The zero-order valence-electron chi connectivity index (χ0n) is 5.89. The van der Waals surface area contributed by atoms with Gasteiger partial charge in [-0.05, 0) is 6.42 Å².